The third-order valence-corrected chi connectivity index (χ3v) is 6.36. The summed E-state index contributed by atoms with van der Waals surface area (Å²) < 4.78 is 15.4. The van der Waals surface area contributed by atoms with E-state index in [2.05, 4.69) is 15.2 Å². The molecule has 1 aliphatic rings. The molecule has 1 aliphatic carbocycles. The standard InChI is InChI=1S/C25H22FN5OS/c26-19-11-9-18(10-12-19)24-28-29-25(31(24)22-7-2-1-3-8-22)33-17-23(32)30(21-13-14-21)16-20-6-4-5-15-27-20/h1-12,15,21H,13-14,16-17H2. The maximum atomic E-state index is 13.4. The van der Waals surface area contributed by atoms with Crippen LogP contribution in [-0.2, 0) is 11.3 Å². The van der Waals surface area contributed by atoms with Gasteiger partial charge in [0.2, 0.25) is 5.91 Å². The Bertz CT molecular complexity index is 1230. The molecule has 0 aliphatic heterocycles. The number of rotatable bonds is 8. The summed E-state index contributed by atoms with van der Waals surface area (Å²) in [5.41, 5.74) is 2.51. The van der Waals surface area contributed by atoms with Crippen molar-refractivity contribution >= 4 is 17.7 Å². The lowest BCUT2D eigenvalue weighted by Gasteiger charge is -2.22. The number of amides is 1. The van der Waals surface area contributed by atoms with Gasteiger partial charge in [0.1, 0.15) is 5.82 Å². The molecule has 2 aromatic heterocycles. The molecule has 0 spiro atoms. The number of nitrogens with zero attached hydrogens (tertiary/aromatic N) is 5. The van der Waals surface area contributed by atoms with Crippen LogP contribution in [0, 0.1) is 5.82 Å². The van der Waals surface area contributed by atoms with Gasteiger partial charge in [0.05, 0.1) is 18.0 Å². The molecular weight excluding hydrogens is 437 g/mol. The zero-order valence-electron chi connectivity index (χ0n) is 17.8. The van der Waals surface area contributed by atoms with Gasteiger partial charge in [0.25, 0.3) is 0 Å². The number of hydrogen-bond donors (Lipinski definition) is 0. The molecule has 1 fully saturated rings. The first-order valence-electron chi connectivity index (χ1n) is 10.8. The van der Waals surface area contributed by atoms with E-state index in [0.717, 1.165) is 29.8 Å². The van der Waals surface area contributed by atoms with E-state index in [0.29, 0.717) is 17.5 Å². The first kappa shape index (κ1) is 21.3. The van der Waals surface area contributed by atoms with Crippen molar-refractivity contribution in [1.82, 2.24) is 24.6 Å². The van der Waals surface area contributed by atoms with Crippen molar-refractivity contribution in [2.24, 2.45) is 0 Å². The van der Waals surface area contributed by atoms with Crippen molar-refractivity contribution in [1.29, 1.82) is 0 Å². The van der Waals surface area contributed by atoms with Gasteiger partial charge < -0.3 is 4.90 Å². The normalized spacial score (nSPS) is 13.1. The highest BCUT2D eigenvalue weighted by Crippen LogP contribution is 2.31. The van der Waals surface area contributed by atoms with E-state index in [1.165, 1.54) is 23.9 Å². The minimum atomic E-state index is -0.308. The highest BCUT2D eigenvalue weighted by atomic mass is 32.2. The topological polar surface area (TPSA) is 63.9 Å². The number of hydrogen-bond acceptors (Lipinski definition) is 5. The van der Waals surface area contributed by atoms with Gasteiger partial charge in [-0.3, -0.25) is 14.3 Å². The SMILES string of the molecule is O=C(CSc1nnc(-c2ccc(F)cc2)n1-c1ccccc1)N(Cc1ccccn1)C1CC1. The third kappa shape index (κ3) is 4.96. The lowest BCUT2D eigenvalue weighted by molar-refractivity contribution is -0.129. The number of thioether (sulfide) groups is 1. The summed E-state index contributed by atoms with van der Waals surface area (Å²) in [5.74, 6) is 0.595. The van der Waals surface area contributed by atoms with Gasteiger partial charge in [-0.15, -0.1) is 10.2 Å². The zero-order chi connectivity index (χ0) is 22.6. The molecule has 1 saturated carbocycles. The maximum absolute atomic E-state index is 13.4. The Morgan fingerprint density at radius 3 is 2.45 bits per heavy atom. The predicted molar refractivity (Wildman–Crippen MR) is 125 cm³/mol. The summed E-state index contributed by atoms with van der Waals surface area (Å²) >= 11 is 1.36. The van der Waals surface area contributed by atoms with Crippen LogP contribution in [0.5, 0.6) is 0 Å². The average Bonchev–Trinajstić information content (AvgIpc) is 3.61. The van der Waals surface area contributed by atoms with Crippen molar-refractivity contribution < 1.29 is 9.18 Å². The largest absolute Gasteiger partial charge is 0.333 e. The van der Waals surface area contributed by atoms with Crippen molar-refractivity contribution in [3.8, 4) is 17.1 Å². The summed E-state index contributed by atoms with van der Waals surface area (Å²) in [6.45, 7) is 0.511. The second kappa shape index (κ2) is 9.54. The molecule has 0 radical (unpaired) electrons. The second-order valence-electron chi connectivity index (χ2n) is 7.85. The third-order valence-electron chi connectivity index (χ3n) is 5.44. The minimum Gasteiger partial charge on any atom is -0.333 e. The van der Waals surface area contributed by atoms with Gasteiger partial charge in [-0.1, -0.05) is 36.0 Å². The van der Waals surface area contributed by atoms with E-state index < -0.39 is 0 Å². The Morgan fingerprint density at radius 2 is 1.76 bits per heavy atom. The number of para-hydroxylation sites is 1. The number of benzene rings is 2. The van der Waals surface area contributed by atoms with Crippen molar-refractivity contribution in [2.45, 2.75) is 30.6 Å². The molecule has 8 heteroatoms. The molecule has 0 saturated heterocycles. The Morgan fingerprint density at radius 1 is 1.00 bits per heavy atom. The fraction of sp³-hybridized carbons (Fsp3) is 0.200. The van der Waals surface area contributed by atoms with Gasteiger partial charge in [-0.25, -0.2) is 4.39 Å². The smallest absolute Gasteiger partial charge is 0.233 e. The van der Waals surface area contributed by atoms with Gasteiger partial charge in [0.15, 0.2) is 11.0 Å². The van der Waals surface area contributed by atoms with E-state index in [9.17, 15) is 9.18 Å². The van der Waals surface area contributed by atoms with Crippen molar-refractivity contribution in [2.75, 3.05) is 5.75 Å². The van der Waals surface area contributed by atoms with E-state index in [1.54, 1.807) is 18.3 Å². The lowest BCUT2D eigenvalue weighted by atomic mass is 10.2. The first-order chi connectivity index (χ1) is 16.2. The summed E-state index contributed by atoms with van der Waals surface area (Å²) in [6.07, 6.45) is 3.80. The van der Waals surface area contributed by atoms with Gasteiger partial charge in [-0.2, -0.15) is 0 Å². The molecule has 0 N–H and O–H groups in total. The van der Waals surface area contributed by atoms with E-state index in [1.807, 2.05) is 58.0 Å². The first-order valence-corrected chi connectivity index (χ1v) is 11.8. The Balaban J connectivity index is 1.39. The number of aromatic nitrogens is 4. The van der Waals surface area contributed by atoms with Crippen LogP contribution in [0.3, 0.4) is 0 Å². The molecule has 4 aromatic rings. The number of pyridine rings is 1. The number of carbonyl (C=O) groups is 1. The van der Waals surface area contributed by atoms with Crippen molar-refractivity contribution in [3.63, 3.8) is 0 Å². The van der Waals surface area contributed by atoms with E-state index in [-0.39, 0.29) is 23.5 Å². The highest BCUT2D eigenvalue weighted by molar-refractivity contribution is 7.99. The Labute approximate surface area is 195 Å². The van der Waals surface area contributed by atoms with E-state index >= 15 is 0 Å². The highest BCUT2D eigenvalue weighted by Gasteiger charge is 2.33. The molecule has 166 valence electrons. The molecule has 33 heavy (non-hydrogen) atoms. The van der Waals surface area contributed by atoms with E-state index in [4.69, 9.17) is 0 Å². The molecule has 0 unspecified atom stereocenters. The molecule has 6 nitrogen and oxygen atoms in total. The van der Waals surface area contributed by atoms with Crippen molar-refractivity contribution in [3.05, 3.63) is 90.5 Å². The molecule has 5 rings (SSSR count). The van der Waals surface area contributed by atoms with Gasteiger partial charge in [-0.05, 0) is 61.4 Å². The predicted octanol–water partition coefficient (Wildman–Crippen LogP) is 4.75. The van der Waals surface area contributed by atoms with Crippen LogP contribution in [0.25, 0.3) is 17.1 Å². The molecule has 2 aromatic carbocycles. The molecule has 2 heterocycles. The minimum absolute atomic E-state index is 0.0547. The Hall–Kier alpha value is -3.52. The average molecular weight is 460 g/mol. The summed E-state index contributed by atoms with van der Waals surface area (Å²) in [6, 6.07) is 21.9. The summed E-state index contributed by atoms with van der Waals surface area (Å²) in [7, 11) is 0. The van der Waals surface area contributed by atoms with Crippen LogP contribution in [0.2, 0.25) is 0 Å². The summed E-state index contributed by atoms with van der Waals surface area (Å²) in [4.78, 5) is 19.4. The zero-order valence-corrected chi connectivity index (χ0v) is 18.7. The maximum Gasteiger partial charge on any atom is 0.233 e. The molecular formula is C25H22FN5OS. The van der Waals surface area contributed by atoms with Gasteiger partial charge in [0, 0.05) is 23.5 Å². The van der Waals surface area contributed by atoms with Gasteiger partial charge >= 0.3 is 0 Å². The fourth-order valence-electron chi connectivity index (χ4n) is 3.64. The van der Waals surface area contributed by atoms with Crippen LogP contribution in [-0.4, -0.2) is 42.4 Å². The van der Waals surface area contributed by atoms with Crippen LogP contribution in [0.4, 0.5) is 4.39 Å². The molecule has 0 bridgehead atoms. The van der Waals surface area contributed by atoms with Crippen LogP contribution < -0.4 is 0 Å². The number of halogens is 1. The summed E-state index contributed by atoms with van der Waals surface area (Å²) in [5, 5.41) is 9.34. The molecule has 0 atom stereocenters. The Kier molecular flexibility index (Phi) is 6.17. The second-order valence-corrected chi connectivity index (χ2v) is 8.79. The quantitative estimate of drug-likeness (QED) is 0.356. The van der Waals surface area contributed by atoms with Crippen LogP contribution in [0.1, 0.15) is 18.5 Å². The molecule has 1 amide bonds. The number of carbonyl (C=O) groups excluding carboxylic acids is 1. The van der Waals surface area contributed by atoms with Crippen LogP contribution >= 0.6 is 11.8 Å². The lowest BCUT2D eigenvalue weighted by Crippen LogP contribution is -2.34. The fourth-order valence-corrected chi connectivity index (χ4v) is 4.48. The monoisotopic (exact) mass is 459 g/mol. The van der Waals surface area contributed by atoms with Crippen LogP contribution in [0.15, 0.2) is 84.1 Å².